The van der Waals surface area contributed by atoms with Gasteiger partial charge in [0, 0.05) is 9.82 Å². The van der Waals surface area contributed by atoms with Gasteiger partial charge in [0.15, 0.2) is 0 Å². The number of para-hydroxylation sites is 2. The van der Waals surface area contributed by atoms with Gasteiger partial charge in [-0.3, -0.25) is 0 Å². The lowest BCUT2D eigenvalue weighted by Crippen LogP contribution is -2.46. The van der Waals surface area contributed by atoms with Crippen LogP contribution in [0.5, 0.6) is 11.5 Å². The monoisotopic (exact) mass is 384 g/mol. The van der Waals surface area contributed by atoms with Gasteiger partial charge in [-0.05, 0) is 35.3 Å². The maximum atomic E-state index is 10.4. The third kappa shape index (κ3) is 6.39. The number of aliphatic hydroxyl groups is 2. The fraction of sp³-hybridized carbons (Fsp3) is 0.333. The topological polar surface area (TPSA) is 156 Å². The fourth-order valence-corrected chi connectivity index (χ4v) is 2.38. The molecular weight excluding hydrogens is 364 g/mol. The van der Waals surface area contributed by atoms with Gasteiger partial charge in [-0.1, -0.05) is 46.6 Å². The van der Waals surface area contributed by atoms with Crippen LogP contribution in [0.4, 0.5) is 0 Å². The molecule has 0 saturated heterocycles. The molecule has 0 amide bonds. The summed E-state index contributed by atoms with van der Waals surface area (Å²) in [6, 6.07) is 15.3. The van der Waals surface area contributed by atoms with E-state index in [2.05, 4.69) is 20.1 Å². The summed E-state index contributed by atoms with van der Waals surface area (Å²) in [6.45, 7) is -0.344. The van der Waals surface area contributed by atoms with Crippen molar-refractivity contribution in [2.45, 2.75) is 24.3 Å². The number of aliphatic hydroxyl groups excluding tert-OH is 2. The van der Waals surface area contributed by atoms with Crippen molar-refractivity contribution in [3.05, 3.63) is 81.5 Å². The molecular formula is C18H20N6O4. The molecule has 2 aromatic rings. The highest BCUT2D eigenvalue weighted by Crippen LogP contribution is 2.16. The molecule has 0 heterocycles. The molecule has 0 spiro atoms. The Hall–Kier alpha value is -3.42. The molecule has 2 aromatic carbocycles. The summed E-state index contributed by atoms with van der Waals surface area (Å²) < 4.78 is 11.0. The van der Waals surface area contributed by atoms with Crippen molar-refractivity contribution in [2.75, 3.05) is 13.2 Å². The van der Waals surface area contributed by atoms with Crippen LogP contribution in [0.15, 0.2) is 70.9 Å². The number of azide groups is 2. The number of hydrogen-bond donors (Lipinski definition) is 2. The Morgan fingerprint density at radius 2 is 1.07 bits per heavy atom. The first-order valence-electron chi connectivity index (χ1n) is 8.46. The lowest BCUT2D eigenvalue weighted by atomic mass is 10.0. The number of hydrogen-bond acceptors (Lipinski definition) is 6. The molecule has 10 nitrogen and oxygen atoms in total. The quantitative estimate of drug-likeness (QED) is 0.346. The van der Waals surface area contributed by atoms with E-state index >= 15 is 0 Å². The van der Waals surface area contributed by atoms with Crippen molar-refractivity contribution in [3.63, 3.8) is 0 Å². The van der Waals surface area contributed by atoms with Crippen molar-refractivity contribution in [1.82, 2.24) is 0 Å². The van der Waals surface area contributed by atoms with Crippen LogP contribution in [0.25, 0.3) is 20.9 Å². The van der Waals surface area contributed by atoms with Crippen LogP contribution in [0.3, 0.4) is 0 Å². The van der Waals surface area contributed by atoms with Crippen molar-refractivity contribution in [1.29, 1.82) is 0 Å². The summed E-state index contributed by atoms with van der Waals surface area (Å²) >= 11 is 0. The van der Waals surface area contributed by atoms with Crippen molar-refractivity contribution < 1.29 is 19.7 Å². The molecule has 0 bridgehead atoms. The first kappa shape index (κ1) is 20.9. The van der Waals surface area contributed by atoms with E-state index in [0.717, 1.165) is 0 Å². The molecule has 0 aliphatic carbocycles. The summed E-state index contributed by atoms with van der Waals surface area (Å²) in [7, 11) is 0. The van der Waals surface area contributed by atoms with Gasteiger partial charge in [0.1, 0.15) is 11.5 Å². The predicted molar refractivity (Wildman–Crippen MR) is 102 cm³/mol. The zero-order chi connectivity index (χ0) is 20.2. The van der Waals surface area contributed by atoms with Crippen molar-refractivity contribution in [2.24, 2.45) is 10.2 Å². The number of rotatable bonds is 11. The SMILES string of the molecule is [N-]=[N+]=N[C@H](COc1ccccc1)[C@H](O)[C@@H](O)[C@@H](COc1ccccc1)N=[N+]=[N-]. The highest BCUT2D eigenvalue weighted by molar-refractivity contribution is 5.21. The Kier molecular flexibility index (Phi) is 8.45. The zero-order valence-corrected chi connectivity index (χ0v) is 14.9. The largest absolute Gasteiger partial charge is 0.493 e. The minimum atomic E-state index is -1.53. The fourth-order valence-electron chi connectivity index (χ4n) is 2.38. The van der Waals surface area contributed by atoms with Crippen molar-refractivity contribution >= 4 is 0 Å². The van der Waals surface area contributed by atoms with Crippen LogP contribution in [-0.2, 0) is 0 Å². The average Bonchev–Trinajstić information content (AvgIpc) is 2.74. The Bertz CT molecular complexity index is 740. The second-order valence-electron chi connectivity index (χ2n) is 5.77. The minimum absolute atomic E-state index is 0.172. The summed E-state index contributed by atoms with van der Waals surface area (Å²) in [6.07, 6.45) is -3.07. The summed E-state index contributed by atoms with van der Waals surface area (Å²) in [5.41, 5.74) is 17.5. The molecule has 0 unspecified atom stereocenters. The molecule has 10 heteroatoms. The number of ether oxygens (including phenoxy) is 2. The molecule has 0 radical (unpaired) electrons. The lowest BCUT2D eigenvalue weighted by molar-refractivity contribution is -0.0244. The molecule has 28 heavy (non-hydrogen) atoms. The number of benzene rings is 2. The standard InChI is InChI=1S/C18H20N6O4/c19-23-21-15(11-27-13-7-3-1-4-8-13)17(25)18(26)16(22-24-20)12-28-14-9-5-2-6-10-14/h1-10,15-18,25-26H,11-12H2/t15-,16-,17+,18+/m1/s1. The maximum absolute atomic E-state index is 10.4. The molecule has 0 aromatic heterocycles. The van der Waals surface area contributed by atoms with Crippen molar-refractivity contribution in [3.8, 4) is 11.5 Å². The molecule has 2 N–H and O–H groups in total. The van der Waals surface area contributed by atoms with E-state index in [0.29, 0.717) is 11.5 Å². The summed E-state index contributed by atoms with van der Waals surface area (Å²) in [5.74, 6) is 1.03. The highest BCUT2D eigenvalue weighted by atomic mass is 16.5. The Labute approximate surface area is 161 Å². The van der Waals surface area contributed by atoms with E-state index in [1.165, 1.54) is 0 Å². The van der Waals surface area contributed by atoms with Crippen LogP contribution in [-0.4, -0.2) is 47.7 Å². The van der Waals surface area contributed by atoms with Gasteiger partial charge in [0.2, 0.25) is 0 Å². The highest BCUT2D eigenvalue weighted by Gasteiger charge is 2.32. The van der Waals surface area contributed by atoms with E-state index < -0.39 is 24.3 Å². The Balaban J connectivity index is 2.03. The maximum Gasteiger partial charge on any atom is 0.119 e. The predicted octanol–water partition coefficient (Wildman–Crippen LogP) is 3.22. The first-order valence-corrected chi connectivity index (χ1v) is 8.46. The van der Waals surface area contributed by atoms with Crippen LogP contribution >= 0.6 is 0 Å². The molecule has 0 saturated carbocycles. The Morgan fingerprint density at radius 3 is 1.39 bits per heavy atom. The van der Waals surface area contributed by atoms with Gasteiger partial charge < -0.3 is 19.7 Å². The van der Waals surface area contributed by atoms with Crippen LogP contribution in [0.1, 0.15) is 0 Å². The van der Waals surface area contributed by atoms with E-state index in [1.54, 1.807) is 48.5 Å². The van der Waals surface area contributed by atoms with E-state index in [-0.39, 0.29) is 13.2 Å². The van der Waals surface area contributed by atoms with Crippen LogP contribution in [0, 0.1) is 0 Å². The molecule has 4 atom stereocenters. The minimum Gasteiger partial charge on any atom is -0.493 e. The average molecular weight is 384 g/mol. The van der Waals surface area contributed by atoms with Gasteiger partial charge in [0.25, 0.3) is 0 Å². The van der Waals surface area contributed by atoms with E-state index in [9.17, 15) is 10.2 Å². The van der Waals surface area contributed by atoms with E-state index in [1.807, 2.05) is 12.1 Å². The first-order chi connectivity index (χ1) is 13.7. The molecule has 0 fully saturated rings. The number of nitrogens with zero attached hydrogens (tertiary/aromatic N) is 6. The second kappa shape index (κ2) is 11.3. The molecule has 146 valence electrons. The summed E-state index contributed by atoms with van der Waals surface area (Å²) in [4.78, 5) is 5.38. The molecule has 2 rings (SSSR count). The van der Waals surface area contributed by atoms with Crippen LogP contribution in [0.2, 0.25) is 0 Å². The molecule has 0 aliphatic rings. The van der Waals surface area contributed by atoms with Gasteiger partial charge in [-0.2, -0.15) is 0 Å². The van der Waals surface area contributed by atoms with E-state index in [4.69, 9.17) is 20.5 Å². The third-order valence-electron chi connectivity index (χ3n) is 3.87. The third-order valence-corrected chi connectivity index (χ3v) is 3.87. The lowest BCUT2D eigenvalue weighted by Gasteiger charge is -2.27. The van der Waals surface area contributed by atoms with Crippen LogP contribution < -0.4 is 9.47 Å². The Morgan fingerprint density at radius 1 is 0.714 bits per heavy atom. The normalized spacial score (nSPS) is 14.5. The summed E-state index contributed by atoms with van der Waals surface area (Å²) in [5, 5.41) is 27.9. The smallest absolute Gasteiger partial charge is 0.119 e. The second-order valence-corrected chi connectivity index (χ2v) is 5.77. The molecule has 0 aliphatic heterocycles. The van der Waals surface area contributed by atoms with Gasteiger partial charge in [0.05, 0.1) is 37.5 Å². The van der Waals surface area contributed by atoms with Gasteiger partial charge in [-0.15, -0.1) is 0 Å². The van der Waals surface area contributed by atoms with Gasteiger partial charge >= 0.3 is 0 Å². The van der Waals surface area contributed by atoms with Gasteiger partial charge in [-0.25, -0.2) is 0 Å². The zero-order valence-electron chi connectivity index (χ0n) is 14.9.